The van der Waals surface area contributed by atoms with Gasteiger partial charge in [-0.1, -0.05) is 13.8 Å². The van der Waals surface area contributed by atoms with Crippen LogP contribution in [-0.2, 0) is 0 Å². The fourth-order valence-corrected chi connectivity index (χ4v) is 3.35. The minimum Gasteiger partial charge on any atom is -0.390 e. The molecule has 1 N–H and O–H groups in total. The number of fused-ring (bicyclic) bond motifs is 1. The van der Waals surface area contributed by atoms with Gasteiger partial charge < -0.3 is 10.0 Å². The normalized spacial score (nSPS) is 25.3. The number of piperidine rings is 1. The lowest BCUT2D eigenvalue weighted by molar-refractivity contribution is -0.0576. The van der Waals surface area contributed by atoms with Crippen molar-refractivity contribution in [3.63, 3.8) is 0 Å². The lowest BCUT2D eigenvalue weighted by atomic mass is 9.78. The molecular formula is C17H24N4O2. The fraction of sp³-hybridized carbons (Fsp3) is 0.588. The summed E-state index contributed by atoms with van der Waals surface area (Å²) in [4.78, 5) is 19.0. The van der Waals surface area contributed by atoms with Crippen molar-refractivity contribution in [1.29, 1.82) is 0 Å². The van der Waals surface area contributed by atoms with Crippen LogP contribution in [0.25, 0.3) is 5.65 Å². The third-order valence-corrected chi connectivity index (χ3v) is 4.76. The van der Waals surface area contributed by atoms with Crippen molar-refractivity contribution >= 4 is 11.6 Å². The zero-order valence-corrected chi connectivity index (χ0v) is 13.9. The first-order valence-electron chi connectivity index (χ1n) is 8.18. The largest absolute Gasteiger partial charge is 0.390 e. The van der Waals surface area contributed by atoms with Crippen LogP contribution < -0.4 is 0 Å². The molecule has 3 heterocycles. The zero-order valence-electron chi connectivity index (χ0n) is 13.9. The maximum atomic E-state index is 12.9. The molecule has 2 aromatic heterocycles. The number of hydrogen-bond donors (Lipinski definition) is 1. The summed E-state index contributed by atoms with van der Waals surface area (Å²) in [6, 6.07) is 1.78. The van der Waals surface area contributed by atoms with Crippen molar-refractivity contribution in [2.75, 3.05) is 13.1 Å². The number of carbonyl (C=O) groups is 1. The molecule has 1 amide bonds. The van der Waals surface area contributed by atoms with Crippen molar-refractivity contribution in [1.82, 2.24) is 19.5 Å². The molecule has 0 saturated carbocycles. The van der Waals surface area contributed by atoms with Gasteiger partial charge in [0.05, 0.1) is 11.8 Å². The third kappa shape index (κ3) is 3.08. The first-order chi connectivity index (χ1) is 10.9. The molecule has 3 rings (SSSR count). The van der Waals surface area contributed by atoms with Crippen LogP contribution in [-0.4, -0.2) is 49.2 Å². The minimum absolute atomic E-state index is 0.0528. The van der Waals surface area contributed by atoms with Crippen LogP contribution in [0.15, 0.2) is 24.7 Å². The van der Waals surface area contributed by atoms with Gasteiger partial charge in [0.25, 0.3) is 5.91 Å². The Kier molecular flexibility index (Phi) is 4.10. The predicted molar refractivity (Wildman–Crippen MR) is 87.1 cm³/mol. The first-order valence-corrected chi connectivity index (χ1v) is 8.18. The molecule has 23 heavy (non-hydrogen) atoms. The van der Waals surface area contributed by atoms with Gasteiger partial charge in [-0.2, -0.15) is 5.10 Å². The van der Waals surface area contributed by atoms with E-state index in [0.29, 0.717) is 36.6 Å². The Morgan fingerprint density at radius 1 is 1.52 bits per heavy atom. The number of hydrogen-bond acceptors (Lipinski definition) is 4. The quantitative estimate of drug-likeness (QED) is 0.940. The first kappa shape index (κ1) is 15.9. The summed E-state index contributed by atoms with van der Waals surface area (Å²) in [6.45, 7) is 7.32. The van der Waals surface area contributed by atoms with Crippen LogP contribution in [0, 0.1) is 11.8 Å². The Morgan fingerprint density at radius 2 is 2.30 bits per heavy atom. The maximum absolute atomic E-state index is 12.9. The van der Waals surface area contributed by atoms with Gasteiger partial charge in [0.2, 0.25) is 0 Å². The van der Waals surface area contributed by atoms with E-state index in [1.807, 2.05) is 11.8 Å². The van der Waals surface area contributed by atoms with E-state index >= 15 is 0 Å². The number of amides is 1. The highest BCUT2D eigenvalue weighted by Gasteiger charge is 2.39. The number of nitrogens with zero attached hydrogens (tertiary/aromatic N) is 4. The van der Waals surface area contributed by atoms with Crippen LogP contribution >= 0.6 is 0 Å². The fourth-order valence-electron chi connectivity index (χ4n) is 3.35. The lowest BCUT2D eigenvalue weighted by Gasteiger charge is -2.43. The van der Waals surface area contributed by atoms with Gasteiger partial charge in [0, 0.05) is 31.4 Å². The van der Waals surface area contributed by atoms with Gasteiger partial charge in [-0.25, -0.2) is 9.50 Å². The predicted octanol–water partition coefficient (Wildman–Crippen LogP) is 1.99. The van der Waals surface area contributed by atoms with E-state index in [2.05, 4.69) is 23.9 Å². The van der Waals surface area contributed by atoms with E-state index in [1.54, 1.807) is 29.2 Å². The van der Waals surface area contributed by atoms with E-state index < -0.39 is 5.60 Å². The molecule has 124 valence electrons. The Bertz CT molecular complexity index is 707. The van der Waals surface area contributed by atoms with Gasteiger partial charge in [0.15, 0.2) is 5.65 Å². The molecule has 0 bridgehead atoms. The zero-order chi connectivity index (χ0) is 16.6. The monoisotopic (exact) mass is 316 g/mol. The average molecular weight is 316 g/mol. The highest BCUT2D eigenvalue weighted by Crippen LogP contribution is 2.33. The molecule has 1 aliphatic heterocycles. The summed E-state index contributed by atoms with van der Waals surface area (Å²) in [6.07, 6.45) is 6.53. The summed E-state index contributed by atoms with van der Waals surface area (Å²) in [7, 11) is 0. The van der Waals surface area contributed by atoms with Crippen LogP contribution in [0.2, 0.25) is 0 Å². The second-order valence-electron chi connectivity index (χ2n) is 7.13. The Labute approximate surface area is 136 Å². The molecule has 1 aliphatic rings. The van der Waals surface area contributed by atoms with Crippen molar-refractivity contribution in [3.8, 4) is 0 Å². The number of aromatic nitrogens is 3. The Balaban J connectivity index is 1.82. The van der Waals surface area contributed by atoms with Crippen LogP contribution in [0.3, 0.4) is 0 Å². The molecule has 0 aromatic carbocycles. The van der Waals surface area contributed by atoms with E-state index in [9.17, 15) is 9.90 Å². The summed E-state index contributed by atoms with van der Waals surface area (Å²) in [5.74, 6) is 0.526. The Morgan fingerprint density at radius 3 is 3.04 bits per heavy atom. The lowest BCUT2D eigenvalue weighted by Crippen LogP contribution is -2.52. The van der Waals surface area contributed by atoms with Crippen molar-refractivity contribution in [2.24, 2.45) is 11.8 Å². The van der Waals surface area contributed by atoms with Gasteiger partial charge in [-0.3, -0.25) is 4.79 Å². The molecule has 1 fully saturated rings. The summed E-state index contributed by atoms with van der Waals surface area (Å²) in [5, 5.41) is 14.8. The van der Waals surface area contributed by atoms with E-state index in [1.165, 1.54) is 0 Å². The second kappa shape index (κ2) is 5.92. The molecule has 0 radical (unpaired) electrons. The molecule has 1 saturated heterocycles. The number of carbonyl (C=O) groups excluding carboxylic acids is 1. The van der Waals surface area contributed by atoms with Gasteiger partial charge in [-0.05, 0) is 31.7 Å². The average Bonchev–Trinajstić information content (AvgIpc) is 2.92. The molecule has 6 heteroatoms. The van der Waals surface area contributed by atoms with Gasteiger partial charge >= 0.3 is 0 Å². The van der Waals surface area contributed by atoms with Crippen LogP contribution in [0.4, 0.5) is 0 Å². The molecule has 0 unspecified atom stereocenters. The number of aliphatic hydroxyl groups is 1. The van der Waals surface area contributed by atoms with E-state index in [0.717, 1.165) is 6.42 Å². The molecular weight excluding hydrogens is 292 g/mol. The summed E-state index contributed by atoms with van der Waals surface area (Å²) >= 11 is 0. The second-order valence-corrected chi connectivity index (χ2v) is 7.13. The molecule has 0 spiro atoms. The van der Waals surface area contributed by atoms with E-state index in [-0.39, 0.29) is 11.8 Å². The van der Waals surface area contributed by atoms with Crippen molar-refractivity contribution in [2.45, 2.75) is 39.2 Å². The third-order valence-electron chi connectivity index (χ3n) is 4.76. The van der Waals surface area contributed by atoms with Crippen molar-refractivity contribution < 1.29 is 9.90 Å². The molecule has 0 aliphatic carbocycles. The molecule has 2 atom stereocenters. The SMILES string of the molecule is CC(C)C[C@H]1CN(C(=O)c2cnn3cccnc23)CC[C@@]1(C)O. The smallest absolute Gasteiger partial charge is 0.259 e. The van der Waals surface area contributed by atoms with Gasteiger partial charge in [-0.15, -0.1) is 0 Å². The highest BCUT2D eigenvalue weighted by molar-refractivity contribution is 5.99. The van der Waals surface area contributed by atoms with Crippen molar-refractivity contribution in [3.05, 3.63) is 30.2 Å². The minimum atomic E-state index is -0.708. The standard InChI is InChI=1S/C17H24N4O2/c1-12(2)9-13-11-20(8-5-17(13,3)23)16(22)14-10-19-21-7-4-6-18-15(14)21/h4,6-7,10,12-13,23H,5,8-9,11H2,1-3H3/t13-,17+/m0/s1. The molecule has 6 nitrogen and oxygen atoms in total. The Hall–Kier alpha value is -1.95. The number of likely N-dealkylation sites (tertiary alicyclic amines) is 1. The van der Waals surface area contributed by atoms with Gasteiger partial charge in [0.1, 0.15) is 5.56 Å². The summed E-state index contributed by atoms with van der Waals surface area (Å²) < 4.78 is 1.61. The van der Waals surface area contributed by atoms with Crippen LogP contribution in [0.5, 0.6) is 0 Å². The van der Waals surface area contributed by atoms with Crippen LogP contribution in [0.1, 0.15) is 44.0 Å². The maximum Gasteiger partial charge on any atom is 0.259 e. The topological polar surface area (TPSA) is 70.7 Å². The highest BCUT2D eigenvalue weighted by atomic mass is 16.3. The summed E-state index contributed by atoms with van der Waals surface area (Å²) in [5.41, 5.74) is 0.395. The number of rotatable bonds is 3. The molecule has 2 aromatic rings. The van der Waals surface area contributed by atoms with E-state index in [4.69, 9.17) is 0 Å².